The van der Waals surface area contributed by atoms with Gasteiger partial charge >= 0.3 is 11.9 Å². The Morgan fingerprint density at radius 1 is 1.10 bits per heavy atom. The van der Waals surface area contributed by atoms with Gasteiger partial charge in [-0.3, -0.25) is 9.59 Å². The molecular weight excluding hydrogens is 272 g/mol. The van der Waals surface area contributed by atoms with Gasteiger partial charge in [-0.15, -0.1) is 0 Å². The number of ether oxygens (including phenoxy) is 3. The van der Waals surface area contributed by atoms with Gasteiger partial charge in [-0.2, -0.15) is 0 Å². The Morgan fingerprint density at radius 3 is 1.90 bits per heavy atom. The zero-order valence-corrected chi connectivity index (χ0v) is 14.0. The molecule has 1 atom stereocenters. The molecule has 0 aromatic carbocycles. The van der Waals surface area contributed by atoms with Crippen LogP contribution in [0.25, 0.3) is 0 Å². The highest BCUT2D eigenvalue weighted by atomic mass is 16.5. The van der Waals surface area contributed by atoms with Crippen molar-refractivity contribution in [2.24, 2.45) is 11.3 Å². The first-order valence-corrected chi connectivity index (χ1v) is 7.04. The van der Waals surface area contributed by atoms with Crippen LogP contribution in [0, 0.1) is 11.3 Å². The molecule has 0 bridgehead atoms. The predicted octanol–water partition coefficient (Wildman–Crippen LogP) is 2.49. The molecule has 1 aliphatic carbocycles. The first-order valence-electron chi connectivity index (χ1n) is 7.04. The van der Waals surface area contributed by atoms with Crippen LogP contribution >= 0.6 is 0 Å². The smallest absolute Gasteiger partial charge is 0.323 e. The molecule has 5 heteroatoms. The fourth-order valence-electron chi connectivity index (χ4n) is 3.11. The van der Waals surface area contributed by atoms with E-state index in [1.807, 2.05) is 27.7 Å². The molecule has 21 heavy (non-hydrogen) atoms. The highest BCUT2D eigenvalue weighted by molar-refractivity contribution is 6.01. The maximum absolute atomic E-state index is 12.3. The maximum Gasteiger partial charge on any atom is 0.323 e. The summed E-state index contributed by atoms with van der Waals surface area (Å²) >= 11 is 0. The fraction of sp³-hybridized carbons (Fsp3) is 0.750. The van der Waals surface area contributed by atoms with Crippen molar-refractivity contribution in [2.45, 2.75) is 46.1 Å². The third-order valence-corrected chi connectivity index (χ3v) is 4.63. The van der Waals surface area contributed by atoms with Crippen molar-refractivity contribution in [2.75, 3.05) is 21.3 Å². The van der Waals surface area contributed by atoms with Crippen LogP contribution in [0.15, 0.2) is 11.1 Å². The second-order valence-electron chi connectivity index (χ2n) is 6.33. The van der Waals surface area contributed by atoms with Crippen LogP contribution in [-0.2, 0) is 23.8 Å². The average molecular weight is 298 g/mol. The van der Waals surface area contributed by atoms with Gasteiger partial charge in [0.15, 0.2) is 5.41 Å². The van der Waals surface area contributed by atoms with E-state index in [1.165, 1.54) is 14.2 Å². The molecule has 1 rings (SSSR count). The van der Waals surface area contributed by atoms with Crippen molar-refractivity contribution in [3.05, 3.63) is 11.1 Å². The SMILES string of the molecule is COC(=O)C1(C(=O)OC)CC(=C(C)C)C(C(C)(C)OC)C1. The Hall–Kier alpha value is -1.36. The second-order valence-corrected chi connectivity index (χ2v) is 6.33. The summed E-state index contributed by atoms with van der Waals surface area (Å²) in [6.07, 6.45) is 0.667. The minimum Gasteiger partial charge on any atom is -0.468 e. The third-order valence-electron chi connectivity index (χ3n) is 4.63. The topological polar surface area (TPSA) is 61.8 Å². The molecule has 0 N–H and O–H groups in total. The summed E-state index contributed by atoms with van der Waals surface area (Å²) in [6, 6.07) is 0. The molecule has 0 heterocycles. The lowest BCUT2D eigenvalue weighted by Gasteiger charge is -2.32. The quantitative estimate of drug-likeness (QED) is 0.453. The van der Waals surface area contributed by atoms with Gasteiger partial charge in [0.05, 0.1) is 19.8 Å². The lowest BCUT2D eigenvalue weighted by atomic mass is 9.81. The monoisotopic (exact) mass is 298 g/mol. The van der Waals surface area contributed by atoms with Crippen molar-refractivity contribution in [1.82, 2.24) is 0 Å². The Morgan fingerprint density at radius 2 is 1.57 bits per heavy atom. The Bertz CT molecular complexity index is 441. The van der Waals surface area contributed by atoms with E-state index in [2.05, 4.69) is 0 Å². The molecule has 0 spiro atoms. The number of carbonyl (C=O) groups excluding carboxylic acids is 2. The molecule has 1 aliphatic rings. The van der Waals surface area contributed by atoms with Crippen molar-refractivity contribution < 1.29 is 23.8 Å². The minimum atomic E-state index is -1.27. The van der Waals surface area contributed by atoms with E-state index in [0.29, 0.717) is 12.8 Å². The van der Waals surface area contributed by atoms with Crippen molar-refractivity contribution in [1.29, 1.82) is 0 Å². The molecule has 0 aliphatic heterocycles. The first-order chi connectivity index (χ1) is 9.66. The van der Waals surface area contributed by atoms with E-state index in [0.717, 1.165) is 11.1 Å². The van der Waals surface area contributed by atoms with Crippen LogP contribution in [-0.4, -0.2) is 38.9 Å². The van der Waals surface area contributed by atoms with E-state index in [4.69, 9.17) is 14.2 Å². The van der Waals surface area contributed by atoms with Gasteiger partial charge in [0.1, 0.15) is 0 Å². The molecule has 0 amide bonds. The van der Waals surface area contributed by atoms with Crippen LogP contribution in [0.1, 0.15) is 40.5 Å². The minimum absolute atomic E-state index is 0.0364. The normalized spacial score (nSPS) is 21.1. The van der Waals surface area contributed by atoms with E-state index >= 15 is 0 Å². The van der Waals surface area contributed by atoms with Crippen LogP contribution in [0.4, 0.5) is 0 Å². The van der Waals surface area contributed by atoms with Gasteiger partial charge in [0.2, 0.25) is 0 Å². The Labute approximate surface area is 126 Å². The van der Waals surface area contributed by atoms with Gasteiger partial charge in [0, 0.05) is 13.0 Å². The number of carbonyl (C=O) groups is 2. The number of esters is 2. The summed E-state index contributed by atoms with van der Waals surface area (Å²) in [7, 11) is 4.23. The molecule has 0 radical (unpaired) electrons. The summed E-state index contributed by atoms with van der Waals surface area (Å²) in [5, 5.41) is 0. The Kier molecular flexibility index (Phi) is 5.20. The largest absolute Gasteiger partial charge is 0.468 e. The number of methoxy groups -OCH3 is 3. The summed E-state index contributed by atoms with van der Waals surface area (Å²) in [4.78, 5) is 24.6. The van der Waals surface area contributed by atoms with E-state index in [-0.39, 0.29) is 5.92 Å². The second kappa shape index (κ2) is 6.18. The number of hydrogen-bond donors (Lipinski definition) is 0. The number of rotatable bonds is 4. The zero-order chi connectivity index (χ0) is 16.4. The van der Waals surface area contributed by atoms with Gasteiger partial charge in [-0.1, -0.05) is 11.1 Å². The summed E-state index contributed by atoms with van der Waals surface area (Å²) < 4.78 is 15.3. The molecule has 5 nitrogen and oxygen atoms in total. The third kappa shape index (κ3) is 2.98. The highest BCUT2D eigenvalue weighted by Crippen LogP contribution is 2.52. The highest BCUT2D eigenvalue weighted by Gasteiger charge is 2.58. The lowest BCUT2D eigenvalue weighted by Crippen LogP contribution is -2.41. The van der Waals surface area contributed by atoms with Crippen molar-refractivity contribution in [3.8, 4) is 0 Å². The first kappa shape index (κ1) is 17.7. The lowest BCUT2D eigenvalue weighted by molar-refractivity contribution is -0.169. The van der Waals surface area contributed by atoms with Crippen LogP contribution in [0.2, 0.25) is 0 Å². The van der Waals surface area contributed by atoms with Gasteiger partial charge < -0.3 is 14.2 Å². The number of allylic oxidation sites excluding steroid dienone is 1. The zero-order valence-electron chi connectivity index (χ0n) is 14.0. The summed E-state index contributed by atoms with van der Waals surface area (Å²) in [5.41, 5.74) is 0.421. The molecule has 0 saturated heterocycles. The van der Waals surface area contributed by atoms with E-state index in [1.54, 1.807) is 7.11 Å². The van der Waals surface area contributed by atoms with Gasteiger partial charge in [0.25, 0.3) is 0 Å². The molecule has 1 unspecified atom stereocenters. The van der Waals surface area contributed by atoms with Crippen molar-refractivity contribution >= 4 is 11.9 Å². The standard InChI is InChI=1S/C16H26O5/c1-10(2)11-8-16(13(17)19-5,14(18)20-6)9-12(11)15(3,4)21-7/h12H,8-9H2,1-7H3. The molecule has 1 saturated carbocycles. The van der Waals surface area contributed by atoms with E-state index < -0.39 is 23.0 Å². The molecule has 120 valence electrons. The van der Waals surface area contributed by atoms with Crippen LogP contribution in [0.3, 0.4) is 0 Å². The fourth-order valence-corrected chi connectivity index (χ4v) is 3.11. The predicted molar refractivity (Wildman–Crippen MR) is 78.7 cm³/mol. The maximum atomic E-state index is 12.3. The van der Waals surface area contributed by atoms with Crippen molar-refractivity contribution in [3.63, 3.8) is 0 Å². The molecule has 0 aromatic heterocycles. The number of hydrogen-bond acceptors (Lipinski definition) is 5. The van der Waals surface area contributed by atoms with Gasteiger partial charge in [-0.25, -0.2) is 0 Å². The van der Waals surface area contributed by atoms with E-state index in [9.17, 15) is 9.59 Å². The summed E-state index contributed by atoms with van der Waals surface area (Å²) in [6.45, 7) is 7.90. The summed E-state index contributed by atoms with van der Waals surface area (Å²) in [5.74, 6) is -1.12. The molecule has 0 aromatic rings. The van der Waals surface area contributed by atoms with Gasteiger partial charge in [-0.05, 0) is 40.5 Å². The van der Waals surface area contributed by atoms with Crippen LogP contribution in [0.5, 0.6) is 0 Å². The molecule has 1 fully saturated rings. The average Bonchev–Trinajstić information content (AvgIpc) is 2.88. The molecular formula is C16H26O5. The van der Waals surface area contributed by atoms with Crippen LogP contribution < -0.4 is 0 Å². The Balaban J connectivity index is 3.38.